The highest BCUT2D eigenvalue weighted by molar-refractivity contribution is 7.20. The van der Waals surface area contributed by atoms with Crippen LogP contribution in [-0.2, 0) is 13.1 Å². The van der Waals surface area contributed by atoms with Crippen LogP contribution in [0.4, 0.5) is 0 Å². The van der Waals surface area contributed by atoms with E-state index in [1.807, 2.05) is 46.8 Å². The normalized spacial score (nSPS) is 15.1. The molecule has 1 aromatic carbocycles. The highest BCUT2D eigenvalue weighted by atomic mass is 32.1. The summed E-state index contributed by atoms with van der Waals surface area (Å²) in [6.45, 7) is 11.3. The molecule has 0 bridgehead atoms. The van der Waals surface area contributed by atoms with E-state index in [2.05, 4.69) is 29.9 Å². The summed E-state index contributed by atoms with van der Waals surface area (Å²) >= 11 is 1.56. The molecule has 1 aliphatic heterocycles. The van der Waals surface area contributed by atoms with E-state index in [0.717, 1.165) is 60.1 Å². The summed E-state index contributed by atoms with van der Waals surface area (Å²) < 4.78 is 2.05. The molecule has 0 N–H and O–H groups in total. The van der Waals surface area contributed by atoms with E-state index in [0.29, 0.717) is 11.5 Å². The van der Waals surface area contributed by atoms with Gasteiger partial charge in [-0.05, 0) is 36.6 Å². The molecular formula is C23H27N5OS. The van der Waals surface area contributed by atoms with Crippen LogP contribution < -0.4 is 0 Å². The zero-order chi connectivity index (χ0) is 21.3. The molecule has 1 aliphatic rings. The highest BCUT2D eigenvalue weighted by Crippen LogP contribution is 2.30. The summed E-state index contributed by atoms with van der Waals surface area (Å²) in [6, 6.07) is 11.9. The summed E-state index contributed by atoms with van der Waals surface area (Å²) in [5, 5.41) is 14.7. The van der Waals surface area contributed by atoms with E-state index in [9.17, 15) is 4.79 Å². The Bertz CT molecular complexity index is 1080. The van der Waals surface area contributed by atoms with Crippen LogP contribution in [0, 0.1) is 24.2 Å². The number of nitriles is 1. The van der Waals surface area contributed by atoms with Crippen molar-refractivity contribution in [1.29, 1.82) is 5.26 Å². The Balaban J connectivity index is 1.39. The van der Waals surface area contributed by atoms with Crippen molar-refractivity contribution in [3.63, 3.8) is 0 Å². The number of fused-ring (bicyclic) bond motifs is 1. The average molecular weight is 422 g/mol. The fourth-order valence-electron chi connectivity index (χ4n) is 3.90. The van der Waals surface area contributed by atoms with Crippen LogP contribution in [0.3, 0.4) is 0 Å². The molecule has 0 saturated carbocycles. The van der Waals surface area contributed by atoms with Gasteiger partial charge in [-0.1, -0.05) is 26.0 Å². The average Bonchev–Trinajstić information content (AvgIpc) is 3.30. The minimum atomic E-state index is 0.129. The predicted molar refractivity (Wildman–Crippen MR) is 120 cm³/mol. The molecule has 1 amide bonds. The second kappa shape index (κ2) is 8.58. The third kappa shape index (κ3) is 4.25. The quantitative estimate of drug-likeness (QED) is 0.627. The first-order chi connectivity index (χ1) is 14.4. The lowest BCUT2D eigenvalue weighted by atomic mass is 10.1. The van der Waals surface area contributed by atoms with Gasteiger partial charge in [-0.15, -0.1) is 11.3 Å². The van der Waals surface area contributed by atoms with E-state index in [-0.39, 0.29) is 5.91 Å². The van der Waals surface area contributed by atoms with Gasteiger partial charge < -0.3 is 4.90 Å². The molecule has 0 spiro atoms. The van der Waals surface area contributed by atoms with E-state index < -0.39 is 0 Å². The van der Waals surface area contributed by atoms with Gasteiger partial charge >= 0.3 is 0 Å². The van der Waals surface area contributed by atoms with Crippen LogP contribution in [0.25, 0.3) is 10.2 Å². The lowest BCUT2D eigenvalue weighted by Gasteiger charge is -2.34. The van der Waals surface area contributed by atoms with Gasteiger partial charge in [0.25, 0.3) is 5.91 Å². The van der Waals surface area contributed by atoms with Gasteiger partial charge in [-0.3, -0.25) is 14.4 Å². The van der Waals surface area contributed by atoms with Crippen LogP contribution in [0.15, 0.2) is 30.3 Å². The molecule has 0 aliphatic carbocycles. The Kier molecular flexibility index (Phi) is 5.89. The van der Waals surface area contributed by atoms with Crippen LogP contribution in [-0.4, -0.2) is 51.7 Å². The van der Waals surface area contributed by atoms with Crippen LogP contribution >= 0.6 is 11.3 Å². The summed E-state index contributed by atoms with van der Waals surface area (Å²) in [6.07, 6.45) is 0. The molecule has 156 valence electrons. The first-order valence-corrected chi connectivity index (χ1v) is 11.2. The molecule has 4 rings (SSSR count). The number of hydrogen-bond donors (Lipinski definition) is 0. The van der Waals surface area contributed by atoms with Crippen molar-refractivity contribution in [1.82, 2.24) is 19.6 Å². The van der Waals surface area contributed by atoms with Gasteiger partial charge in [0.15, 0.2) is 0 Å². The van der Waals surface area contributed by atoms with E-state index >= 15 is 0 Å². The van der Waals surface area contributed by atoms with E-state index in [1.165, 1.54) is 5.56 Å². The summed E-state index contributed by atoms with van der Waals surface area (Å²) in [5.41, 5.74) is 2.88. The Hall–Kier alpha value is -2.69. The number of hydrogen-bond acceptors (Lipinski definition) is 5. The number of piperazine rings is 1. The van der Waals surface area contributed by atoms with Crippen molar-refractivity contribution in [3.8, 4) is 6.07 Å². The monoisotopic (exact) mass is 421 g/mol. The maximum atomic E-state index is 13.1. The summed E-state index contributed by atoms with van der Waals surface area (Å²) in [7, 11) is 0. The fraction of sp³-hybridized carbons (Fsp3) is 0.435. The van der Waals surface area contributed by atoms with Gasteiger partial charge in [0.05, 0.1) is 22.2 Å². The first-order valence-electron chi connectivity index (χ1n) is 10.4. The second-order valence-electron chi connectivity index (χ2n) is 8.37. The Morgan fingerprint density at radius 1 is 1.20 bits per heavy atom. The standard InChI is InChI=1S/C23H27N5OS/c1-16(2)14-28-23-20(17(3)25-28)12-21(30-23)22(29)27-10-8-26(9-11-27)15-19-6-4-18(13-24)5-7-19/h4-7,12,16H,8-11,14-15H2,1-3H3. The third-order valence-corrected chi connectivity index (χ3v) is 6.64. The highest BCUT2D eigenvalue weighted by Gasteiger charge is 2.25. The fourth-order valence-corrected chi connectivity index (χ4v) is 5.03. The maximum Gasteiger partial charge on any atom is 0.264 e. The molecule has 3 heterocycles. The zero-order valence-electron chi connectivity index (χ0n) is 17.8. The molecule has 3 aromatic rings. The number of rotatable bonds is 5. The van der Waals surface area contributed by atoms with E-state index in [1.54, 1.807) is 11.3 Å². The van der Waals surface area contributed by atoms with Gasteiger partial charge in [-0.2, -0.15) is 10.4 Å². The van der Waals surface area contributed by atoms with Gasteiger partial charge in [-0.25, -0.2) is 0 Å². The lowest BCUT2D eigenvalue weighted by Crippen LogP contribution is -2.48. The molecule has 1 saturated heterocycles. The first kappa shape index (κ1) is 20.6. The molecule has 30 heavy (non-hydrogen) atoms. The third-order valence-electron chi connectivity index (χ3n) is 5.50. The number of nitrogens with zero attached hydrogens (tertiary/aromatic N) is 5. The van der Waals surface area contributed by atoms with Gasteiger partial charge in [0.1, 0.15) is 4.83 Å². The number of amides is 1. The van der Waals surface area contributed by atoms with Crippen LogP contribution in [0.5, 0.6) is 0 Å². The van der Waals surface area contributed by atoms with Crippen molar-refractivity contribution in [2.45, 2.75) is 33.9 Å². The molecular weight excluding hydrogens is 394 g/mol. The minimum Gasteiger partial charge on any atom is -0.335 e. The summed E-state index contributed by atoms with van der Waals surface area (Å²) in [5.74, 6) is 0.641. The largest absolute Gasteiger partial charge is 0.335 e. The predicted octanol–water partition coefficient (Wildman–Crippen LogP) is 3.89. The minimum absolute atomic E-state index is 0.129. The van der Waals surface area contributed by atoms with Gasteiger partial charge in [0.2, 0.25) is 0 Å². The second-order valence-corrected chi connectivity index (χ2v) is 9.40. The molecule has 0 atom stereocenters. The summed E-state index contributed by atoms with van der Waals surface area (Å²) in [4.78, 5) is 19.3. The zero-order valence-corrected chi connectivity index (χ0v) is 18.6. The van der Waals surface area contributed by atoms with Crippen molar-refractivity contribution in [2.24, 2.45) is 5.92 Å². The number of thiophene rings is 1. The van der Waals surface area contributed by atoms with Crippen molar-refractivity contribution in [3.05, 3.63) is 52.0 Å². The molecule has 0 unspecified atom stereocenters. The SMILES string of the molecule is Cc1nn(CC(C)C)c2sc(C(=O)N3CCN(Cc4ccc(C#N)cc4)CC3)cc12. The Morgan fingerprint density at radius 3 is 2.53 bits per heavy atom. The smallest absolute Gasteiger partial charge is 0.264 e. The molecule has 6 nitrogen and oxygen atoms in total. The number of carbonyl (C=O) groups excluding carboxylic acids is 1. The molecule has 7 heteroatoms. The van der Waals surface area contributed by atoms with Crippen molar-refractivity contribution >= 4 is 27.5 Å². The Labute approximate surface area is 181 Å². The van der Waals surface area contributed by atoms with E-state index in [4.69, 9.17) is 5.26 Å². The van der Waals surface area contributed by atoms with Crippen molar-refractivity contribution in [2.75, 3.05) is 26.2 Å². The number of aryl methyl sites for hydroxylation is 1. The number of carbonyl (C=O) groups is 1. The topological polar surface area (TPSA) is 65.2 Å². The maximum absolute atomic E-state index is 13.1. The number of benzene rings is 1. The molecule has 0 radical (unpaired) electrons. The van der Waals surface area contributed by atoms with Gasteiger partial charge in [0, 0.05) is 44.7 Å². The number of aromatic nitrogens is 2. The molecule has 2 aromatic heterocycles. The van der Waals surface area contributed by atoms with Crippen LogP contribution in [0.1, 0.15) is 40.3 Å². The Morgan fingerprint density at radius 2 is 1.90 bits per heavy atom. The van der Waals surface area contributed by atoms with Crippen LogP contribution in [0.2, 0.25) is 0 Å². The lowest BCUT2D eigenvalue weighted by molar-refractivity contribution is 0.0633. The molecule has 1 fully saturated rings. The van der Waals surface area contributed by atoms with Crippen molar-refractivity contribution < 1.29 is 4.79 Å².